The highest BCUT2D eigenvalue weighted by Gasteiger charge is 2.17. The second-order valence-corrected chi connectivity index (χ2v) is 8.92. The smallest absolute Gasteiger partial charge is 0.336 e. The van der Waals surface area contributed by atoms with Crippen molar-refractivity contribution in [2.24, 2.45) is 0 Å². The first kappa shape index (κ1) is 28.0. The monoisotopic (exact) mass is 544 g/mol. The molecule has 0 saturated heterocycles. The number of anilines is 3. The Labute approximate surface area is 226 Å². The molecule has 0 aromatic heterocycles. The van der Waals surface area contributed by atoms with E-state index < -0.39 is 6.03 Å². The van der Waals surface area contributed by atoms with Crippen LogP contribution in [0.2, 0.25) is 5.02 Å². The van der Waals surface area contributed by atoms with E-state index >= 15 is 0 Å². The van der Waals surface area contributed by atoms with E-state index in [0.29, 0.717) is 51.5 Å². The first-order valence-electron chi connectivity index (χ1n) is 11.2. The number of benzene rings is 3. The van der Waals surface area contributed by atoms with Crippen molar-refractivity contribution in [3.63, 3.8) is 0 Å². The fraction of sp³-hybridized carbons (Fsp3) is 0.231. The zero-order valence-corrected chi connectivity index (χ0v) is 22.6. The Morgan fingerprint density at radius 3 is 2.30 bits per heavy atom. The van der Waals surface area contributed by atoms with Gasteiger partial charge in [0.15, 0.2) is 0 Å². The second kappa shape index (κ2) is 13.1. The minimum Gasteiger partial charge on any atom is -0.495 e. The zero-order valence-electron chi connectivity index (χ0n) is 20.9. The Balaban J connectivity index is 1.63. The van der Waals surface area contributed by atoms with Crippen molar-refractivity contribution in [2.75, 3.05) is 56.4 Å². The minimum absolute atomic E-state index is 0.283. The Morgan fingerprint density at radius 2 is 1.65 bits per heavy atom. The lowest BCUT2D eigenvalue weighted by Crippen LogP contribution is -2.27. The van der Waals surface area contributed by atoms with Crippen molar-refractivity contribution < 1.29 is 23.8 Å². The Kier molecular flexibility index (Phi) is 9.90. The highest BCUT2D eigenvalue weighted by molar-refractivity contribution is 7.82. The van der Waals surface area contributed by atoms with E-state index in [1.165, 1.54) is 20.3 Å². The van der Waals surface area contributed by atoms with Gasteiger partial charge in [0.25, 0.3) is 5.91 Å². The van der Waals surface area contributed by atoms with E-state index in [1.807, 2.05) is 25.1 Å². The van der Waals surface area contributed by atoms with Gasteiger partial charge in [-0.05, 0) is 62.6 Å². The largest absolute Gasteiger partial charge is 0.495 e. The Bertz CT molecular complexity index is 1240. The van der Waals surface area contributed by atoms with E-state index in [-0.39, 0.29) is 5.91 Å². The number of hydrogen-bond acceptors (Lipinski definition) is 7. The van der Waals surface area contributed by atoms with Gasteiger partial charge in [-0.3, -0.25) is 4.79 Å². The molecule has 2 N–H and O–H groups in total. The molecule has 0 aliphatic heterocycles. The number of thiol groups is 1. The number of nitrogens with one attached hydrogen (secondary N) is 2. The molecule has 0 heterocycles. The summed E-state index contributed by atoms with van der Waals surface area (Å²) in [5.74, 6) is 1.13. The van der Waals surface area contributed by atoms with Crippen LogP contribution in [-0.4, -0.2) is 58.3 Å². The standard InChI is InChI=1S/C26H29ClN4O5S/c1-30(2)12-13-36-20-7-5-6-17(14-20)25(32)28-18-8-10-19(11-9-18)31(37)26(33)29-22-15-21(27)23(34-3)16-24(22)35-4/h5-11,14-16,37H,12-13H2,1-4H3,(H,28,32)(H,29,33). The molecule has 37 heavy (non-hydrogen) atoms. The van der Waals surface area contributed by atoms with Crippen molar-refractivity contribution >= 4 is 53.4 Å². The SMILES string of the molecule is COc1cc(OC)c(NC(=O)N(S)c2ccc(NC(=O)c3cccc(OCCN(C)C)c3)cc2)cc1Cl. The summed E-state index contributed by atoms with van der Waals surface area (Å²) in [5.41, 5.74) is 1.86. The summed E-state index contributed by atoms with van der Waals surface area (Å²) in [6.07, 6.45) is 0. The van der Waals surface area contributed by atoms with Crippen LogP contribution < -0.4 is 29.1 Å². The topological polar surface area (TPSA) is 92.4 Å². The zero-order chi connectivity index (χ0) is 26.9. The van der Waals surface area contributed by atoms with Crippen molar-refractivity contribution in [2.45, 2.75) is 0 Å². The Morgan fingerprint density at radius 1 is 0.946 bits per heavy atom. The van der Waals surface area contributed by atoms with E-state index in [0.717, 1.165) is 10.8 Å². The number of likely N-dealkylation sites (N-methyl/N-ethyl adjacent to an activating group) is 1. The number of methoxy groups -OCH3 is 2. The molecule has 3 aromatic carbocycles. The van der Waals surface area contributed by atoms with Crippen LogP contribution in [0.15, 0.2) is 60.7 Å². The number of carbonyl (C=O) groups excluding carboxylic acids is 2. The third-order valence-electron chi connectivity index (χ3n) is 5.18. The van der Waals surface area contributed by atoms with Gasteiger partial charge in [-0.25, -0.2) is 9.10 Å². The average molecular weight is 545 g/mol. The predicted molar refractivity (Wildman–Crippen MR) is 150 cm³/mol. The van der Waals surface area contributed by atoms with E-state index in [1.54, 1.807) is 48.5 Å². The molecular weight excluding hydrogens is 516 g/mol. The number of urea groups is 1. The molecule has 11 heteroatoms. The van der Waals surface area contributed by atoms with Gasteiger partial charge in [-0.1, -0.05) is 30.5 Å². The summed E-state index contributed by atoms with van der Waals surface area (Å²) >= 11 is 10.5. The summed E-state index contributed by atoms with van der Waals surface area (Å²) < 4.78 is 17.3. The summed E-state index contributed by atoms with van der Waals surface area (Å²) in [5, 5.41) is 5.86. The number of ether oxygens (including phenoxy) is 3. The van der Waals surface area contributed by atoms with Gasteiger partial charge in [-0.2, -0.15) is 0 Å². The average Bonchev–Trinajstić information content (AvgIpc) is 2.88. The van der Waals surface area contributed by atoms with Crippen LogP contribution in [-0.2, 0) is 0 Å². The molecule has 0 unspecified atom stereocenters. The van der Waals surface area contributed by atoms with Gasteiger partial charge in [0.1, 0.15) is 23.9 Å². The number of rotatable bonds is 10. The van der Waals surface area contributed by atoms with Gasteiger partial charge in [-0.15, -0.1) is 0 Å². The minimum atomic E-state index is -0.536. The molecular formula is C26H29ClN4O5S. The summed E-state index contributed by atoms with van der Waals surface area (Å²) in [6, 6.07) is 16.2. The van der Waals surface area contributed by atoms with Crippen LogP contribution in [0.4, 0.5) is 21.9 Å². The normalized spacial score (nSPS) is 10.6. The van der Waals surface area contributed by atoms with Crippen LogP contribution in [0, 0.1) is 0 Å². The number of nitrogens with zero attached hydrogens (tertiary/aromatic N) is 2. The van der Waals surface area contributed by atoms with Gasteiger partial charge in [0.2, 0.25) is 0 Å². The quantitative estimate of drug-likeness (QED) is 0.295. The fourth-order valence-corrected chi connectivity index (χ4v) is 3.63. The maximum Gasteiger partial charge on any atom is 0.336 e. The van der Waals surface area contributed by atoms with Crippen LogP contribution in [0.5, 0.6) is 17.2 Å². The maximum atomic E-state index is 12.8. The summed E-state index contributed by atoms with van der Waals surface area (Å²) in [6.45, 7) is 1.29. The number of halogens is 1. The molecule has 3 aromatic rings. The number of hydrogen-bond donors (Lipinski definition) is 3. The first-order valence-corrected chi connectivity index (χ1v) is 12.0. The van der Waals surface area contributed by atoms with E-state index in [9.17, 15) is 9.59 Å². The van der Waals surface area contributed by atoms with Crippen molar-refractivity contribution in [1.82, 2.24) is 4.90 Å². The molecule has 196 valence electrons. The summed E-state index contributed by atoms with van der Waals surface area (Å²) in [4.78, 5) is 27.5. The van der Waals surface area contributed by atoms with Crippen LogP contribution >= 0.6 is 24.4 Å². The number of carbonyl (C=O) groups is 2. The lowest BCUT2D eigenvalue weighted by Gasteiger charge is -2.19. The third-order valence-corrected chi connectivity index (χ3v) is 5.89. The first-order chi connectivity index (χ1) is 17.7. The Hall–Kier alpha value is -3.60. The lowest BCUT2D eigenvalue weighted by atomic mass is 10.2. The molecule has 0 aliphatic carbocycles. The van der Waals surface area contributed by atoms with Crippen molar-refractivity contribution in [3.05, 3.63) is 71.2 Å². The van der Waals surface area contributed by atoms with Crippen molar-refractivity contribution in [1.29, 1.82) is 0 Å². The molecule has 3 amide bonds. The molecule has 9 nitrogen and oxygen atoms in total. The van der Waals surface area contributed by atoms with Gasteiger partial charge in [0, 0.05) is 23.9 Å². The molecule has 0 aliphatic rings. The third kappa shape index (κ3) is 7.69. The molecule has 0 bridgehead atoms. The van der Waals surface area contributed by atoms with Crippen molar-refractivity contribution in [3.8, 4) is 17.2 Å². The van der Waals surface area contributed by atoms with Crippen LogP contribution in [0.25, 0.3) is 0 Å². The van der Waals surface area contributed by atoms with Crippen LogP contribution in [0.3, 0.4) is 0 Å². The van der Waals surface area contributed by atoms with Gasteiger partial charge < -0.3 is 29.7 Å². The molecule has 0 atom stereocenters. The highest BCUT2D eigenvalue weighted by Crippen LogP contribution is 2.36. The lowest BCUT2D eigenvalue weighted by molar-refractivity contribution is 0.102. The van der Waals surface area contributed by atoms with E-state index in [2.05, 4.69) is 23.4 Å². The molecule has 0 fully saturated rings. The molecule has 0 radical (unpaired) electrons. The second-order valence-electron chi connectivity index (χ2n) is 8.11. The highest BCUT2D eigenvalue weighted by atomic mass is 35.5. The number of amides is 3. The van der Waals surface area contributed by atoms with Gasteiger partial charge >= 0.3 is 6.03 Å². The predicted octanol–water partition coefficient (Wildman–Crippen LogP) is 5.43. The van der Waals surface area contributed by atoms with Gasteiger partial charge in [0.05, 0.1) is 30.6 Å². The molecule has 0 spiro atoms. The van der Waals surface area contributed by atoms with E-state index in [4.69, 9.17) is 25.8 Å². The summed E-state index contributed by atoms with van der Waals surface area (Å²) in [7, 11) is 6.88. The maximum absolute atomic E-state index is 12.8. The molecule has 0 saturated carbocycles. The van der Waals surface area contributed by atoms with Crippen LogP contribution in [0.1, 0.15) is 10.4 Å². The molecule has 3 rings (SSSR count). The fourth-order valence-electron chi connectivity index (χ4n) is 3.21.